The molecule has 3 N–H and O–H groups in total. The number of nitrogens with zero attached hydrogens (tertiary/aromatic N) is 1. The summed E-state index contributed by atoms with van der Waals surface area (Å²) in [6.45, 7) is 8.42. The van der Waals surface area contributed by atoms with E-state index >= 15 is 0 Å². The molecular formula is C18H27N3O3. The van der Waals surface area contributed by atoms with E-state index in [9.17, 15) is 9.59 Å². The molecule has 0 aromatic heterocycles. The second kappa shape index (κ2) is 7.11. The minimum atomic E-state index is -0.534. The quantitative estimate of drug-likeness (QED) is 0.814. The maximum atomic E-state index is 12.5. The Kier molecular flexibility index (Phi) is 5.36. The summed E-state index contributed by atoms with van der Waals surface area (Å²) in [5.74, 6) is -0.306. The summed E-state index contributed by atoms with van der Waals surface area (Å²) in [7, 11) is 0. The fraction of sp³-hybridized carbons (Fsp3) is 0.556. The van der Waals surface area contributed by atoms with Gasteiger partial charge in [-0.05, 0) is 64.3 Å². The van der Waals surface area contributed by atoms with Crippen molar-refractivity contribution in [2.75, 3.05) is 24.1 Å². The van der Waals surface area contributed by atoms with Crippen molar-refractivity contribution in [2.45, 2.75) is 46.1 Å². The third-order valence-corrected chi connectivity index (χ3v) is 3.95. The lowest BCUT2D eigenvalue weighted by molar-refractivity contribution is -0.121. The van der Waals surface area contributed by atoms with Crippen LogP contribution in [0.25, 0.3) is 0 Å². The summed E-state index contributed by atoms with van der Waals surface area (Å²) in [5.41, 5.74) is 7.54. The van der Waals surface area contributed by atoms with Crippen LogP contribution in [0, 0.1) is 12.8 Å². The van der Waals surface area contributed by atoms with Gasteiger partial charge in [0.2, 0.25) is 5.91 Å². The minimum Gasteiger partial charge on any atom is -0.444 e. The third-order valence-electron chi connectivity index (χ3n) is 3.95. The zero-order valence-electron chi connectivity index (χ0n) is 14.9. The fourth-order valence-corrected chi connectivity index (χ4v) is 2.75. The lowest BCUT2D eigenvalue weighted by Gasteiger charge is -2.33. The van der Waals surface area contributed by atoms with E-state index in [0.717, 1.165) is 24.1 Å². The van der Waals surface area contributed by atoms with Crippen LogP contribution < -0.4 is 11.1 Å². The summed E-state index contributed by atoms with van der Waals surface area (Å²) < 4.78 is 5.40. The van der Waals surface area contributed by atoms with E-state index in [2.05, 4.69) is 5.32 Å². The zero-order valence-corrected chi connectivity index (χ0v) is 14.9. The van der Waals surface area contributed by atoms with Crippen LogP contribution in [0.5, 0.6) is 0 Å². The molecule has 0 bridgehead atoms. The number of likely N-dealkylation sites (tertiary alicyclic amines) is 1. The molecule has 1 heterocycles. The number of hydrogen-bond acceptors (Lipinski definition) is 4. The van der Waals surface area contributed by atoms with E-state index in [-0.39, 0.29) is 17.9 Å². The molecule has 0 aliphatic carbocycles. The van der Waals surface area contributed by atoms with Gasteiger partial charge in [-0.1, -0.05) is 0 Å². The van der Waals surface area contributed by atoms with Crippen LogP contribution in [0.3, 0.4) is 0 Å². The van der Waals surface area contributed by atoms with Crippen LogP contribution >= 0.6 is 0 Å². The molecule has 2 amide bonds. The summed E-state index contributed by atoms with van der Waals surface area (Å²) >= 11 is 0. The summed E-state index contributed by atoms with van der Waals surface area (Å²) in [5, 5.41) is 2.94. The van der Waals surface area contributed by atoms with E-state index in [4.69, 9.17) is 10.5 Å². The van der Waals surface area contributed by atoms with E-state index < -0.39 is 5.60 Å². The predicted molar refractivity (Wildman–Crippen MR) is 94.8 cm³/mol. The molecule has 1 aliphatic heterocycles. The van der Waals surface area contributed by atoms with Gasteiger partial charge in [-0.3, -0.25) is 4.79 Å². The highest BCUT2D eigenvalue weighted by Crippen LogP contribution is 2.23. The van der Waals surface area contributed by atoms with Crippen molar-refractivity contribution in [3.05, 3.63) is 23.8 Å². The van der Waals surface area contributed by atoms with Crippen LogP contribution in [0.15, 0.2) is 18.2 Å². The number of nitrogens with two attached hydrogens (primary N) is 1. The van der Waals surface area contributed by atoms with Gasteiger partial charge in [-0.15, -0.1) is 0 Å². The number of ether oxygens (including phenoxy) is 1. The molecule has 132 valence electrons. The Morgan fingerprint density at radius 3 is 2.67 bits per heavy atom. The molecule has 6 nitrogen and oxygen atoms in total. The maximum Gasteiger partial charge on any atom is 0.410 e. The number of nitrogen functional groups attached to an aromatic ring is 1. The Hall–Kier alpha value is -2.24. The predicted octanol–water partition coefficient (Wildman–Crippen LogP) is 3.16. The van der Waals surface area contributed by atoms with Gasteiger partial charge in [0, 0.05) is 24.5 Å². The van der Waals surface area contributed by atoms with Gasteiger partial charge >= 0.3 is 6.09 Å². The zero-order chi connectivity index (χ0) is 17.9. The number of benzene rings is 1. The normalized spacial score (nSPS) is 18.2. The van der Waals surface area contributed by atoms with Gasteiger partial charge in [0.1, 0.15) is 5.60 Å². The van der Waals surface area contributed by atoms with Crippen LogP contribution in [-0.4, -0.2) is 35.6 Å². The van der Waals surface area contributed by atoms with E-state index in [0.29, 0.717) is 18.8 Å². The molecule has 1 aliphatic rings. The second-order valence-electron chi connectivity index (χ2n) is 7.33. The molecule has 0 radical (unpaired) electrons. The van der Waals surface area contributed by atoms with Gasteiger partial charge in [-0.25, -0.2) is 4.79 Å². The molecule has 1 aromatic rings. The lowest BCUT2D eigenvalue weighted by Crippen LogP contribution is -2.45. The number of nitrogens with one attached hydrogen (secondary N) is 1. The Balaban J connectivity index is 1.98. The standard InChI is InChI=1S/C18H27N3O3/c1-12-10-14(19)7-8-15(12)20-16(22)13-6-5-9-21(11-13)17(23)24-18(2,3)4/h7-8,10,13H,5-6,9,11,19H2,1-4H3,(H,20,22). The van der Waals surface area contributed by atoms with Crippen LogP contribution in [-0.2, 0) is 9.53 Å². The second-order valence-corrected chi connectivity index (χ2v) is 7.33. The Morgan fingerprint density at radius 1 is 1.33 bits per heavy atom. The summed E-state index contributed by atoms with van der Waals surface area (Å²) in [6, 6.07) is 5.39. The van der Waals surface area contributed by atoms with Crippen molar-refractivity contribution in [1.29, 1.82) is 0 Å². The molecule has 6 heteroatoms. The molecular weight excluding hydrogens is 306 g/mol. The average molecular weight is 333 g/mol. The number of amides is 2. The van der Waals surface area contributed by atoms with Gasteiger partial charge in [-0.2, -0.15) is 0 Å². The molecule has 2 rings (SSSR count). The third kappa shape index (κ3) is 4.88. The highest BCUT2D eigenvalue weighted by atomic mass is 16.6. The van der Waals surface area contributed by atoms with Crippen LogP contribution in [0.2, 0.25) is 0 Å². The summed E-state index contributed by atoms with van der Waals surface area (Å²) in [6.07, 6.45) is 1.20. The molecule has 1 unspecified atom stereocenters. The Labute approximate surface area is 143 Å². The topological polar surface area (TPSA) is 84.7 Å². The van der Waals surface area contributed by atoms with Crippen molar-refractivity contribution in [1.82, 2.24) is 4.90 Å². The number of carbonyl (C=O) groups excluding carboxylic acids is 2. The molecule has 24 heavy (non-hydrogen) atoms. The lowest BCUT2D eigenvalue weighted by atomic mass is 9.97. The first kappa shape index (κ1) is 18.1. The molecule has 0 saturated carbocycles. The first-order chi connectivity index (χ1) is 11.2. The van der Waals surface area contributed by atoms with Gasteiger partial charge in [0.05, 0.1) is 5.92 Å². The van der Waals surface area contributed by atoms with Crippen LogP contribution in [0.4, 0.5) is 16.2 Å². The molecule has 1 saturated heterocycles. The highest BCUT2D eigenvalue weighted by Gasteiger charge is 2.31. The van der Waals surface area contributed by atoms with Crippen molar-refractivity contribution < 1.29 is 14.3 Å². The van der Waals surface area contributed by atoms with Crippen LogP contribution in [0.1, 0.15) is 39.2 Å². The Morgan fingerprint density at radius 2 is 2.04 bits per heavy atom. The SMILES string of the molecule is Cc1cc(N)ccc1NC(=O)C1CCCN(C(=O)OC(C)(C)C)C1. The van der Waals surface area contributed by atoms with E-state index in [1.807, 2.05) is 33.8 Å². The number of piperidine rings is 1. The van der Waals surface area contributed by atoms with E-state index in [1.54, 1.807) is 17.0 Å². The number of rotatable bonds is 2. The maximum absolute atomic E-state index is 12.5. The Bertz CT molecular complexity index is 622. The largest absolute Gasteiger partial charge is 0.444 e. The van der Waals surface area contributed by atoms with Crippen molar-refractivity contribution in [2.24, 2.45) is 5.92 Å². The molecule has 0 spiro atoms. The minimum absolute atomic E-state index is 0.0730. The molecule has 1 aromatic carbocycles. The smallest absolute Gasteiger partial charge is 0.410 e. The highest BCUT2D eigenvalue weighted by molar-refractivity contribution is 5.94. The first-order valence-electron chi connectivity index (χ1n) is 8.30. The molecule has 1 fully saturated rings. The van der Waals surface area contributed by atoms with Gasteiger partial charge in [0.25, 0.3) is 0 Å². The summed E-state index contributed by atoms with van der Waals surface area (Å²) in [4.78, 5) is 26.3. The number of anilines is 2. The van der Waals surface area contributed by atoms with Gasteiger partial charge < -0.3 is 20.7 Å². The monoisotopic (exact) mass is 333 g/mol. The molecule has 1 atom stereocenters. The van der Waals surface area contributed by atoms with Crippen molar-refractivity contribution in [3.63, 3.8) is 0 Å². The number of hydrogen-bond donors (Lipinski definition) is 2. The number of aryl methyl sites for hydroxylation is 1. The number of carbonyl (C=O) groups is 2. The van der Waals surface area contributed by atoms with Crippen molar-refractivity contribution in [3.8, 4) is 0 Å². The van der Waals surface area contributed by atoms with Crippen molar-refractivity contribution >= 4 is 23.4 Å². The average Bonchev–Trinajstić information content (AvgIpc) is 2.48. The van der Waals surface area contributed by atoms with E-state index in [1.165, 1.54) is 0 Å². The van der Waals surface area contributed by atoms with Gasteiger partial charge in [0.15, 0.2) is 0 Å². The fourth-order valence-electron chi connectivity index (χ4n) is 2.75. The first-order valence-corrected chi connectivity index (χ1v) is 8.30.